The quantitative estimate of drug-likeness (QED) is 0.620. The smallest absolute Gasteiger partial charge is 0.290 e. The maximum Gasteiger partial charge on any atom is 0.290 e. The van der Waals surface area contributed by atoms with Crippen LogP contribution in [0.15, 0.2) is 18.3 Å². The normalized spacial score (nSPS) is 17.1. The third kappa shape index (κ3) is 5.50. The summed E-state index contributed by atoms with van der Waals surface area (Å²) in [5, 5.41) is 13.9. The molecule has 0 saturated carbocycles. The van der Waals surface area contributed by atoms with Crippen LogP contribution in [0.3, 0.4) is 0 Å². The number of carboxylic acid groups (broad SMARTS) is 1. The first kappa shape index (κ1) is 22.3. The number of aromatic nitrogens is 4. The number of nitrogens with zero attached hydrogens (tertiary/aromatic N) is 5. The van der Waals surface area contributed by atoms with Crippen LogP contribution in [0, 0.1) is 0 Å². The maximum absolute atomic E-state index is 11.9. The van der Waals surface area contributed by atoms with E-state index < -0.39 is 9.84 Å². The minimum atomic E-state index is -3.08. The molecule has 1 atom stereocenters. The lowest BCUT2D eigenvalue weighted by Gasteiger charge is -2.17. The average molecular weight is 424 g/mol. The van der Waals surface area contributed by atoms with E-state index >= 15 is 0 Å². The summed E-state index contributed by atoms with van der Waals surface area (Å²) < 4.78 is 25.5. The second-order valence-electron chi connectivity index (χ2n) is 6.58. The lowest BCUT2D eigenvalue weighted by Crippen LogP contribution is -2.21. The Labute approximate surface area is 168 Å². The zero-order valence-corrected chi connectivity index (χ0v) is 17.3. The number of carbonyl (C=O) groups excluding carboxylic acids is 1. The van der Waals surface area contributed by atoms with Crippen LogP contribution in [-0.2, 0) is 25.8 Å². The molecular weight excluding hydrogens is 400 g/mol. The fourth-order valence-corrected chi connectivity index (χ4v) is 4.70. The van der Waals surface area contributed by atoms with Gasteiger partial charge in [0.2, 0.25) is 5.91 Å². The standard InChI is InChI=1S/C16H22N6O3S.CH2O2/c1-17-14(23)9-13-19-16(12-5-4-7-18-15(12)21(2)3)22(20-13)11-6-8-26(24,25)10-11;2-1-3/h4-5,7,11H,6,8-10H2,1-3H3,(H,17,23);1H,(H,2,3). The minimum Gasteiger partial charge on any atom is -0.483 e. The number of likely N-dealkylation sites (N-methyl/N-ethyl adjacent to an activating group) is 1. The molecule has 1 aliphatic rings. The highest BCUT2D eigenvalue weighted by atomic mass is 32.2. The van der Waals surface area contributed by atoms with Crippen molar-refractivity contribution in [1.82, 2.24) is 25.1 Å². The monoisotopic (exact) mass is 424 g/mol. The Balaban J connectivity index is 0.000000941. The fourth-order valence-electron chi connectivity index (χ4n) is 3.01. The van der Waals surface area contributed by atoms with Crippen LogP contribution in [0.2, 0.25) is 0 Å². The van der Waals surface area contributed by atoms with Crippen molar-refractivity contribution in [2.24, 2.45) is 0 Å². The van der Waals surface area contributed by atoms with Crippen LogP contribution < -0.4 is 10.2 Å². The summed E-state index contributed by atoms with van der Waals surface area (Å²) in [6.45, 7) is -0.250. The van der Waals surface area contributed by atoms with Gasteiger partial charge >= 0.3 is 0 Å². The number of pyridine rings is 1. The topological polar surface area (TPSA) is 147 Å². The molecule has 158 valence electrons. The van der Waals surface area contributed by atoms with Crippen molar-refractivity contribution in [3.05, 3.63) is 24.2 Å². The molecule has 29 heavy (non-hydrogen) atoms. The predicted molar refractivity (Wildman–Crippen MR) is 106 cm³/mol. The third-order valence-electron chi connectivity index (χ3n) is 4.28. The van der Waals surface area contributed by atoms with Gasteiger partial charge in [-0.3, -0.25) is 9.59 Å². The van der Waals surface area contributed by atoms with Gasteiger partial charge in [-0.2, -0.15) is 5.10 Å². The molecule has 0 bridgehead atoms. The summed E-state index contributed by atoms with van der Waals surface area (Å²) in [4.78, 5) is 30.9. The molecular formula is C17H24N6O5S. The number of carbonyl (C=O) groups is 2. The molecule has 0 aromatic carbocycles. The molecule has 1 amide bonds. The number of amides is 1. The van der Waals surface area contributed by atoms with E-state index in [4.69, 9.17) is 9.90 Å². The Morgan fingerprint density at radius 2 is 2.14 bits per heavy atom. The number of sulfone groups is 1. The fraction of sp³-hybridized carbons (Fsp3) is 0.471. The van der Waals surface area contributed by atoms with Crippen LogP contribution in [0.1, 0.15) is 18.3 Å². The van der Waals surface area contributed by atoms with Gasteiger partial charge in [-0.25, -0.2) is 23.1 Å². The van der Waals surface area contributed by atoms with E-state index in [0.29, 0.717) is 23.9 Å². The van der Waals surface area contributed by atoms with Gasteiger partial charge in [-0.15, -0.1) is 0 Å². The summed E-state index contributed by atoms with van der Waals surface area (Å²) in [5.41, 5.74) is 0.748. The highest BCUT2D eigenvalue weighted by molar-refractivity contribution is 7.91. The van der Waals surface area contributed by atoms with E-state index in [2.05, 4.69) is 20.4 Å². The highest BCUT2D eigenvalue weighted by Gasteiger charge is 2.33. The van der Waals surface area contributed by atoms with Crippen molar-refractivity contribution in [3.8, 4) is 11.4 Å². The summed E-state index contributed by atoms with van der Waals surface area (Å²) in [6.07, 6.45) is 2.20. The zero-order chi connectivity index (χ0) is 21.6. The van der Waals surface area contributed by atoms with Gasteiger partial charge in [-0.1, -0.05) is 0 Å². The molecule has 2 N–H and O–H groups in total. The number of anilines is 1. The van der Waals surface area contributed by atoms with E-state index in [-0.39, 0.29) is 36.3 Å². The molecule has 1 aliphatic heterocycles. The lowest BCUT2D eigenvalue weighted by molar-refractivity contribution is -0.123. The van der Waals surface area contributed by atoms with Crippen molar-refractivity contribution in [2.45, 2.75) is 18.9 Å². The van der Waals surface area contributed by atoms with Crippen LogP contribution in [0.4, 0.5) is 5.82 Å². The number of nitrogens with one attached hydrogen (secondary N) is 1. The number of rotatable bonds is 5. The molecule has 11 nitrogen and oxygen atoms in total. The maximum atomic E-state index is 11.9. The van der Waals surface area contributed by atoms with Gasteiger partial charge in [0.25, 0.3) is 6.47 Å². The molecule has 0 aliphatic carbocycles. The van der Waals surface area contributed by atoms with Crippen molar-refractivity contribution in [2.75, 3.05) is 37.5 Å². The first-order chi connectivity index (χ1) is 13.7. The van der Waals surface area contributed by atoms with Gasteiger partial charge in [0.1, 0.15) is 5.82 Å². The Kier molecular flexibility index (Phi) is 7.26. The molecule has 2 aromatic rings. The Morgan fingerprint density at radius 1 is 1.45 bits per heavy atom. The Hall–Kier alpha value is -3.02. The Morgan fingerprint density at radius 3 is 2.69 bits per heavy atom. The summed E-state index contributed by atoms with van der Waals surface area (Å²) in [5.74, 6) is 1.55. The van der Waals surface area contributed by atoms with E-state index in [1.54, 1.807) is 24.0 Å². The third-order valence-corrected chi connectivity index (χ3v) is 6.03. The first-order valence-electron chi connectivity index (χ1n) is 8.79. The van der Waals surface area contributed by atoms with E-state index in [9.17, 15) is 13.2 Å². The largest absolute Gasteiger partial charge is 0.483 e. The molecule has 1 fully saturated rings. The van der Waals surface area contributed by atoms with Crippen LogP contribution in [-0.4, -0.2) is 78.3 Å². The van der Waals surface area contributed by atoms with Gasteiger partial charge in [0, 0.05) is 27.3 Å². The van der Waals surface area contributed by atoms with Crippen molar-refractivity contribution >= 4 is 28.0 Å². The minimum absolute atomic E-state index is 0.0281. The van der Waals surface area contributed by atoms with Crippen LogP contribution >= 0.6 is 0 Å². The van der Waals surface area contributed by atoms with E-state index in [0.717, 1.165) is 5.56 Å². The average Bonchev–Trinajstić information content (AvgIpc) is 3.25. The summed E-state index contributed by atoms with van der Waals surface area (Å²) in [7, 11) is 2.22. The van der Waals surface area contributed by atoms with Crippen molar-refractivity contribution < 1.29 is 23.1 Å². The van der Waals surface area contributed by atoms with Gasteiger partial charge in [-0.05, 0) is 18.6 Å². The number of hydrogen-bond acceptors (Lipinski definition) is 8. The Bertz CT molecular complexity index is 972. The van der Waals surface area contributed by atoms with Crippen LogP contribution in [0.25, 0.3) is 11.4 Å². The van der Waals surface area contributed by atoms with Gasteiger partial charge < -0.3 is 15.3 Å². The first-order valence-corrected chi connectivity index (χ1v) is 10.6. The zero-order valence-electron chi connectivity index (χ0n) is 16.4. The van der Waals surface area contributed by atoms with Crippen molar-refractivity contribution in [3.63, 3.8) is 0 Å². The van der Waals surface area contributed by atoms with Crippen LogP contribution in [0.5, 0.6) is 0 Å². The van der Waals surface area contributed by atoms with Crippen molar-refractivity contribution in [1.29, 1.82) is 0 Å². The molecule has 0 spiro atoms. The molecule has 1 unspecified atom stereocenters. The molecule has 2 aromatic heterocycles. The molecule has 12 heteroatoms. The highest BCUT2D eigenvalue weighted by Crippen LogP contribution is 2.32. The lowest BCUT2D eigenvalue weighted by atomic mass is 10.2. The molecule has 0 radical (unpaired) electrons. The second-order valence-corrected chi connectivity index (χ2v) is 8.81. The molecule has 3 rings (SSSR count). The van der Waals surface area contributed by atoms with Gasteiger partial charge in [0.15, 0.2) is 21.5 Å². The van der Waals surface area contributed by atoms with Gasteiger partial charge in [0.05, 0.1) is 29.5 Å². The summed E-state index contributed by atoms with van der Waals surface area (Å²) in [6, 6.07) is 3.37. The summed E-state index contributed by atoms with van der Waals surface area (Å²) >= 11 is 0. The second kappa shape index (κ2) is 9.45. The van der Waals surface area contributed by atoms with E-state index in [1.165, 1.54) is 0 Å². The van der Waals surface area contributed by atoms with E-state index in [1.807, 2.05) is 25.1 Å². The predicted octanol–water partition coefficient (Wildman–Crippen LogP) is -0.245. The molecule has 1 saturated heterocycles. The number of hydrogen-bond donors (Lipinski definition) is 2. The SMILES string of the molecule is CNC(=O)Cc1nc(-c2cccnc2N(C)C)n(C2CCS(=O)(=O)C2)n1.O=CO. The molecule has 3 heterocycles.